The van der Waals surface area contributed by atoms with Crippen molar-refractivity contribution in [3.8, 4) is 0 Å². The molecule has 0 radical (unpaired) electrons. The van der Waals surface area contributed by atoms with Gasteiger partial charge in [0, 0.05) is 0 Å². The SMILES string of the molecule is CCCCC1CCC([SiH](c2ccccc2)[SiH](c2ccccc2)C2C(C)CC3CC4CCCC4CC32)C1.[CH3-].[CH3-].[CH3-].[CH3-].[Zr+4]. The number of hydrogen-bond acceptors (Lipinski definition) is 0. The summed E-state index contributed by atoms with van der Waals surface area (Å²) in [6, 6.07) is 24.4. The first-order valence-electron chi connectivity index (χ1n) is 15.8. The Bertz CT molecular complexity index is 965. The zero-order valence-electron chi connectivity index (χ0n) is 27.5. The average molecular weight is 666 g/mol. The Hall–Kier alpha value is -0.243. The Morgan fingerprint density at radius 1 is 0.659 bits per heavy atom. The standard InChI is InChI=1S/C34H50Si2.4CH3.Zr/c1-3-4-12-26-19-20-32(22-26)35(30-15-7-5-8-16-30)36(31-17-9-6-10-18-31)34-25(2)21-29-23-27-13-11-14-28(27)24-33(29)34;;;;;/h5-10,15-18,25-29,32-36H,3-4,11-14,19-24H2,1-2H3;4*1H3;/q;4*-1;+4. The minimum absolute atomic E-state index is 0. The summed E-state index contributed by atoms with van der Waals surface area (Å²) >= 11 is 0. The van der Waals surface area contributed by atoms with Crippen molar-refractivity contribution in [2.45, 2.75) is 102 Å². The summed E-state index contributed by atoms with van der Waals surface area (Å²) in [6.45, 7) is 5.08. The van der Waals surface area contributed by atoms with Crippen LogP contribution in [0.4, 0.5) is 0 Å². The molecule has 0 N–H and O–H groups in total. The molecule has 0 heterocycles. The average Bonchev–Trinajstić information content (AvgIpc) is 3.64. The molecule has 4 aliphatic rings. The zero-order valence-corrected chi connectivity index (χ0v) is 32.3. The first-order valence-corrected chi connectivity index (χ1v) is 21.0. The molecule has 0 bridgehead atoms. The van der Waals surface area contributed by atoms with Crippen LogP contribution in [0.5, 0.6) is 0 Å². The van der Waals surface area contributed by atoms with Gasteiger partial charge in [-0.15, -0.1) is 0 Å². The summed E-state index contributed by atoms with van der Waals surface area (Å²) in [4.78, 5) is 0. The second-order valence-electron chi connectivity index (χ2n) is 13.6. The first-order chi connectivity index (χ1) is 17.7. The van der Waals surface area contributed by atoms with E-state index in [-0.39, 0.29) is 55.9 Å². The van der Waals surface area contributed by atoms with E-state index in [0.717, 1.165) is 46.6 Å². The smallest absolute Gasteiger partial charge is 0.358 e. The van der Waals surface area contributed by atoms with Gasteiger partial charge in [-0.2, -0.15) is 0 Å². The quantitative estimate of drug-likeness (QED) is 0.195. The molecule has 4 aliphatic carbocycles. The summed E-state index contributed by atoms with van der Waals surface area (Å²) in [5.41, 5.74) is 2.09. The molecule has 2 aromatic rings. The van der Waals surface area contributed by atoms with Gasteiger partial charge in [-0.1, -0.05) is 143 Å². The van der Waals surface area contributed by atoms with E-state index in [0.29, 0.717) is 0 Å². The van der Waals surface area contributed by atoms with E-state index < -0.39 is 16.6 Å². The molecular formula is C38H62Si2Zr. The van der Waals surface area contributed by atoms with Gasteiger partial charge < -0.3 is 29.7 Å². The molecule has 0 spiro atoms. The topological polar surface area (TPSA) is 0 Å². The van der Waals surface area contributed by atoms with Crippen LogP contribution in [0.3, 0.4) is 0 Å². The number of benzene rings is 2. The van der Waals surface area contributed by atoms with Crippen molar-refractivity contribution in [2.75, 3.05) is 0 Å². The van der Waals surface area contributed by atoms with Crippen molar-refractivity contribution >= 4 is 27.0 Å². The van der Waals surface area contributed by atoms with Crippen LogP contribution < -0.4 is 10.4 Å². The molecule has 10 unspecified atom stereocenters. The van der Waals surface area contributed by atoms with E-state index in [9.17, 15) is 0 Å². The minimum Gasteiger partial charge on any atom is -0.358 e. The molecule has 0 aliphatic heterocycles. The molecule has 226 valence electrons. The minimum atomic E-state index is -1.15. The number of unbranched alkanes of at least 4 members (excludes halogenated alkanes) is 1. The molecular weight excluding hydrogens is 604 g/mol. The van der Waals surface area contributed by atoms with Gasteiger partial charge in [-0.05, 0) is 65.9 Å². The van der Waals surface area contributed by atoms with Gasteiger partial charge in [0.2, 0.25) is 0 Å². The molecule has 4 saturated carbocycles. The van der Waals surface area contributed by atoms with Crippen LogP contribution in [0.15, 0.2) is 60.7 Å². The molecule has 4 fully saturated rings. The fraction of sp³-hybridized carbons (Fsp3) is 0.579. The predicted octanol–water partition coefficient (Wildman–Crippen LogP) is 9.35. The van der Waals surface area contributed by atoms with Crippen molar-refractivity contribution in [3.63, 3.8) is 0 Å². The Kier molecular flexibility index (Phi) is 16.9. The van der Waals surface area contributed by atoms with Gasteiger partial charge in [0.15, 0.2) is 0 Å². The summed E-state index contributed by atoms with van der Waals surface area (Å²) < 4.78 is 0. The Morgan fingerprint density at radius 2 is 1.24 bits per heavy atom. The predicted molar refractivity (Wildman–Crippen MR) is 187 cm³/mol. The number of rotatable bonds is 8. The van der Waals surface area contributed by atoms with Gasteiger partial charge in [0.25, 0.3) is 0 Å². The molecule has 0 amide bonds. The molecule has 2 aromatic carbocycles. The summed E-state index contributed by atoms with van der Waals surface area (Å²) in [5, 5.41) is 3.69. The van der Waals surface area contributed by atoms with Gasteiger partial charge in [0.05, 0.1) is 16.6 Å². The molecule has 0 aromatic heterocycles. The van der Waals surface area contributed by atoms with Gasteiger partial charge >= 0.3 is 26.2 Å². The third-order valence-corrected chi connectivity index (χ3v) is 25.9. The van der Waals surface area contributed by atoms with E-state index in [1.807, 2.05) is 10.4 Å². The second-order valence-corrected chi connectivity index (χ2v) is 23.0. The fourth-order valence-corrected chi connectivity index (χ4v) is 27.6. The second kappa shape index (κ2) is 17.9. The van der Waals surface area contributed by atoms with Crippen LogP contribution >= 0.6 is 0 Å². The maximum Gasteiger partial charge on any atom is 4.00 e. The Morgan fingerprint density at radius 3 is 1.85 bits per heavy atom. The third kappa shape index (κ3) is 8.28. The number of hydrogen-bond donors (Lipinski definition) is 0. The van der Waals surface area contributed by atoms with Crippen molar-refractivity contribution < 1.29 is 26.2 Å². The Balaban J connectivity index is 0.00000168. The van der Waals surface area contributed by atoms with Gasteiger partial charge in [-0.3, -0.25) is 0 Å². The maximum atomic E-state index is 2.71. The molecule has 10 atom stereocenters. The van der Waals surface area contributed by atoms with Crippen molar-refractivity contribution in [2.24, 2.45) is 35.5 Å². The summed E-state index contributed by atoms with van der Waals surface area (Å²) in [6.07, 6.45) is 18.3. The van der Waals surface area contributed by atoms with Crippen LogP contribution in [0.2, 0.25) is 11.1 Å². The molecule has 41 heavy (non-hydrogen) atoms. The van der Waals surface area contributed by atoms with Crippen LogP contribution in [-0.2, 0) is 26.2 Å². The van der Waals surface area contributed by atoms with Gasteiger partial charge in [-0.25, -0.2) is 0 Å². The molecule has 0 nitrogen and oxygen atoms in total. The fourth-order valence-electron chi connectivity index (χ4n) is 10.2. The van der Waals surface area contributed by atoms with Crippen LogP contribution in [-0.4, -0.2) is 16.6 Å². The molecule has 0 saturated heterocycles. The van der Waals surface area contributed by atoms with Crippen molar-refractivity contribution in [1.29, 1.82) is 0 Å². The Labute approximate surface area is 279 Å². The zero-order chi connectivity index (χ0) is 24.5. The summed E-state index contributed by atoms with van der Waals surface area (Å²) in [5.74, 6) is 6.23. The normalized spacial score (nSPS) is 32.8. The van der Waals surface area contributed by atoms with E-state index in [1.54, 1.807) is 38.5 Å². The van der Waals surface area contributed by atoms with Crippen LogP contribution in [0.1, 0.15) is 90.9 Å². The van der Waals surface area contributed by atoms with E-state index in [4.69, 9.17) is 0 Å². The van der Waals surface area contributed by atoms with E-state index in [2.05, 4.69) is 74.5 Å². The van der Waals surface area contributed by atoms with Crippen molar-refractivity contribution in [1.82, 2.24) is 0 Å². The summed E-state index contributed by atoms with van der Waals surface area (Å²) in [7, 11) is -2.25. The monoisotopic (exact) mass is 664 g/mol. The van der Waals surface area contributed by atoms with Crippen molar-refractivity contribution in [3.05, 3.63) is 90.4 Å². The van der Waals surface area contributed by atoms with Crippen LogP contribution in [0, 0.1) is 65.2 Å². The van der Waals surface area contributed by atoms with E-state index in [1.165, 1.54) is 38.5 Å². The number of fused-ring (bicyclic) bond motifs is 2. The van der Waals surface area contributed by atoms with Gasteiger partial charge in [0.1, 0.15) is 0 Å². The van der Waals surface area contributed by atoms with Crippen LogP contribution in [0.25, 0.3) is 0 Å². The molecule has 6 rings (SSSR count). The maximum absolute atomic E-state index is 2.71. The molecule has 3 heteroatoms. The largest absolute Gasteiger partial charge is 4.00 e. The van der Waals surface area contributed by atoms with E-state index >= 15 is 0 Å². The first kappa shape index (κ1) is 38.8. The third-order valence-electron chi connectivity index (χ3n) is 11.7.